The van der Waals surface area contributed by atoms with Gasteiger partial charge >= 0.3 is 0 Å². The maximum absolute atomic E-state index is 2.68. The van der Waals surface area contributed by atoms with Crippen LogP contribution in [-0.2, 0) is 0 Å². The molecule has 0 aliphatic carbocycles. The van der Waals surface area contributed by atoms with Gasteiger partial charge in [-0.3, -0.25) is 0 Å². The Morgan fingerprint density at radius 2 is 0.738 bits per heavy atom. The highest BCUT2D eigenvalue weighted by Gasteiger charge is 2.53. The number of hydrogen-bond acceptors (Lipinski definition) is 2. The van der Waals surface area contributed by atoms with E-state index in [1.54, 1.807) is 5.19 Å². The standard InChI is InChI=1S/C56H40B2N2Si/c1-61(2)51-33-19-15-29-46(51)58-45-28-14-17-31-48(45)59-47-30-16-12-26-43(47)57-44-27-13-18-32-49(44)60(50-36-52(61)54(58)56(59)53(50)57)55-41(38-22-8-4-9-23-38)34-40(37-20-6-3-7-21-37)35-42(55)39-24-10-5-11-25-39/h3-36H,1-2H3. The van der Waals surface area contributed by atoms with Gasteiger partial charge in [-0.15, -0.1) is 0 Å². The third-order valence-corrected chi connectivity index (χ3v) is 17.7. The Morgan fingerprint density at radius 1 is 0.328 bits per heavy atom. The van der Waals surface area contributed by atoms with E-state index in [1.807, 2.05) is 0 Å². The normalized spacial score (nSPS) is 14.4. The lowest BCUT2D eigenvalue weighted by Crippen LogP contribution is -2.80. The maximum Gasteiger partial charge on any atom is 0.252 e. The molecule has 0 amide bonds. The predicted octanol–water partition coefficient (Wildman–Crippen LogP) is 8.74. The molecule has 0 atom stereocenters. The van der Waals surface area contributed by atoms with Crippen molar-refractivity contribution >= 4 is 98.8 Å². The van der Waals surface area contributed by atoms with E-state index in [4.69, 9.17) is 0 Å². The summed E-state index contributed by atoms with van der Waals surface area (Å²) in [6, 6.07) is 77.7. The number of rotatable bonds is 4. The van der Waals surface area contributed by atoms with E-state index < -0.39 is 8.07 Å². The highest BCUT2D eigenvalue weighted by Crippen LogP contribution is 2.51. The van der Waals surface area contributed by atoms with E-state index in [2.05, 4.69) is 229 Å². The molecule has 0 bridgehead atoms. The molecule has 4 heterocycles. The molecule has 0 saturated heterocycles. The van der Waals surface area contributed by atoms with Gasteiger partial charge in [0, 0.05) is 39.6 Å². The minimum atomic E-state index is -2.27. The molecule has 0 saturated carbocycles. The number of benzene rings is 9. The molecule has 4 aliphatic heterocycles. The first-order valence-electron chi connectivity index (χ1n) is 21.6. The Balaban J connectivity index is 1.22. The second-order valence-corrected chi connectivity index (χ2v) is 21.9. The molecule has 284 valence electrons. The van der Waals surface area contributed by atoms with Gasteiger partial charge < -0.3 is 9.80 Å². The molecule has 0 spiro atoms. The molecule has 13 rings (SSSR count). The second-order valence-electron chi connectivity index (χ2n) is 17.6. The number of anilines is 6. The summed E-state index contributed by atoms with van der Waals surface area (Å²) < 4.78 is 0. The van der Waals surface area contributed by atoms with Crippen LogP contribution in [0.1, 0.15) is 0 Å². The average molecular weight is 791 g/mol. The minimum absolute atomic E-state index is 0.0620. The molecule has 2 nitrogen and oxygen atoms in total. The zero-order valence-corrected chi connectivity index (χ0v) is 35.2. The summed E-state index contributed by atoms with van der Waals surface area (Å²) in [5.41, 5.74) is 23.4. The molecule has 0 aromatic heterocycles. The smallest absolute Gasteiger partial charge is 0.252 e. The molecule has 61 heavy (non-hydrogen) atoms. The van der Waals surface area contributed by atoms with Crippen molar-refractivity contribution in [2.45, 2.75) is 13.1 Å². The largest absolute Gasteiger partial charge is 0.312 e. The van der Waals surface area contributed by atoms with Crippen LogP contribution in [0.15, 0.2) is 206 Å². The summed E-state index contributed by atoms with van der Waals surface area (Å²) in [5, 5.41) is 3.08. The van der Waals surface area contributed by atoms with Crippen LogP contribution >= 0.6 is 0 Å². The highest BCUT2D eigenvalue weighted by atomic mass is 28.3. The van der Waals surface area contributed by atoms with Gasteiger partial charge in [-0.1, -0.05) is 199 Å². The quantitative estimate of drug-likeness (QED) is 0.165. The van der Waals surface area contributed by atoms with Crippen molar-refractivity contribution in [2.24, 2.45) is 0 Å². The Morgan fingerprint density at radius 3 is 1.26 bits per heavy atom. The van der Waals surface area contributed by atoms with Crippen molar-refractivity contribution in [2.75, 3.05) is 9.80 Å². The van der Waals surface area contributed by atoms with Gasteiger partial charge in [0.15, 0.2) is 0 Å². The third kappa shape index (κ3) is 4.81. The fourth-order valence-corrected chi connectivity index (χ4v) is 14.7. The summed E-state index contributed by atoms with van der Waals surface area (Å²) in [7, 11) is -2.27. The van der Waals surface area contributed by atoms with Gasteiger partial charge in [0.25, 0.3) is 6.71 Å². The Labute approximate surface area is 359 Å². The van der Waals surface area contributed by atoms with Gasteiger partial charge in [0.1, 0.15) is 8.07 Å². The summed E-state index contributed by atoms with van der Waals surface area (Å²) >= 11 is 0. The molecular formula is C56H40B2N2Si. The summed E-state index contributed by atoms with van der Waals surface area (Å²) in [4.78, 5) is 5.35. The Hall–Kier alpha value is -7.07. The van der Waals surface area contributed by atoms with Crippen LogP contribution in [0.2, 0.25) is 13.1 Å². The first-order valence-corrected chi connectivity index (χ1v) is 24.6. The minimum Gasteiger partial charge on any atom is -0.312 e. The second kappa shape index (κ2) is 13.0. The van der Waals surface area contributed by atoms with Gasteiger partial charge in [0.05, 0.1) is 5.69 Å². The van der Waals surface area contributed by atoms with Crippen molar-refractivity contribution in [3.8, 4) is 33.4 Å². The number of fused-ring (bicyclic) bond motifs is 10. The van der Waals surface area contributed by atoms with Gasteiger partial charge in [-0.25, -0.2) is 0 Å². The van der Waals surface area contributed by atoms with E-state index in [9.17, 15) is 0 Å². The number of hydrogen-bond donors (Lipinski definition) is 0. The summed E-state index contributed by atoms with van der Waals surface area (Å²) in [5.74, 6) is 0. The highest BCUT2D eigenvalue weighted by molar-refractivity contribution is 7.16. The average Bonchev–Trinajstić information content (AvgIpc) is 3.32. The molecular weight excluding hydrogens is 750 g/mol. The van der Waals surface area contributed by atoms with E-state index in [0.717, 1.165) is 0 Å². The maximum atomic E-state index is 2.68. The van der Waals surface area contributed by atoms with E-state index in [0.29, 0.717) is 0 Å². The molecule has 9 aromatic rings. The number of para-hydroxylation sites is 3. The zero-order valence-electron chi connectivity index (χ0n) is 34.2. The molecule has 9 aromatic carbocycles. The van der Waals surface area contributed by atoms with Crippen LogP contribution in [0.5, 0.6) is 0 Å². The van der Waals surface area contributed by atoms with E-state index >= 15 is 0 Å². The van der Waals surface area contributed by atoms with Gasteiger partial charge in [0.2, 0.25) is 6.71 Å². The zero-order chi connectivity index (χ0) is 40.4. The Bertz CT molecular complexity index is 3180. The molecule has 0 fully saturated rings. The van der Waals surface area contributed by atoms with Crippen molar-refractivity contribution in [1.29, 1.82) is 0 Å². The first-order chi connectivity index (χ1) is 30.1. The molecule has 0 radical (unpaired) electrons. The van der Waals surface area contributed by atoms with E-state index in [1.165, 1.54) is 105 Å². The fourth-order valence-electron chi connectivity index (χ4n) is 11.5. The first kappa shape index (κ1) is 34.8. The van der Waals surface area contributed by atoms with Gasteiger partial charge in [-0.2, -0.15) is 0 Å². The molecule has 0 unspecified atom stereocenters. The topological polar surface area (TPSA) is 6.48 Å². The lowest BCUT2D eigenvalue weighted by molar-refractivity contribution is 1.26. The molecule has 5 heteroatoms. The van der Waals surface area contributed by atoms with Crippen LogP contribution in [0.4, 0.5) is 34.1 Å². The van der Waals surface area contributed by atoms with Crippen molar-refractivity contribution < 1.29 is 0 Å². The fraction of sp³-hybridized carbons (Fsp3) is 0.0357. The molecule has 0 N–H and O–H groups in total. The van der Waals surface area contributed by atoms with Crippen LogP contribution in [-0.4, -0.2) is 21.5 Å². The van der Waals surface area contributed by atoms with Crippen LogP contribution in [0.25, 0.3) is 33.4 Å². The van der Waals surface area contributed by atoms with Crippen molar-refractivity contribution in [3.63, 3.8) is 0 Å². The lowest BCUT2D eigenvalue weighted by atomic mass is 9.29. The van der Waals surface area contributed by atoms with Crippen LogP contribution in [0.3, 0.4) is 0 Å². The predicted molar refractivity (Wildman–Crippen MR) is 265 cm³/mol. The van der Waals surface area contributed by atoms with Gasteiger partial charge in [-0.05, 0) is 86.0 Å². The SMILES string of the molecule is C[Si]1(C)c2ccccc2B2c3ccccc3N3c4ccccc4B4c5ccccc5N(c5c(-c6ccccc6)cc(-c6ccccc6)cc5-c5ccccc5)c5cc1c2c3c54. The summed E-state index contributed by atoms with van der Waals surface area (Å²) in [6.45, 7) is 5.40. The van der Waals surface area contributed by atoms with Crippen molar-refractivity contribution in [1.82, 2.24) is 0 Å². The summed E-state index contributed by atoms with van der Waals surface area (Å²) in [6.07, 6.45) is 0. The lowest BCUT2D eigenvalue weighted by Gasteiger charge is -2.51. The van der Waals surface area contributed by atoms with Crippen LogP contribution in [0, 0.1) is 0 Å². The van der Waals surface area contributed by atoms with Crippen molar-refractivity contribution in [3.05, 3.63) is 206 Å². The third-order valence-electron chi connectivity index (χ3n) is 14.1. The van der Waals surface area contributed by atoms with Crippen LogP contribution < -0.4 is 53.0 Å². The number of nitrogens with zero attached hydrogens (tertiary/aromatic N) is 2. The van der Waals surface area contributed by atoms with E-state index in [-0.39, 0.29) is 13.4 Å². The monoisotopic (exact) mass is 790 g/mol. The Kier molecular flexibility index (Phi) is 7.39. The molecule has 4 aliphatic rings.